The molecule has 0 unspecified atom stereocenters. The first-order valence-electron chi connectivity index (χ1n) is 11.3. The van der Waals surface area contributed by atoms with Crippen molar-refractivity contribution in [3.8, 4) is 0 Å². The number of rotatable bonds is 4. The average Bonchev–Trinajstić information content (AvgIpc) is 3.15. The Bertz CT molecular complexity index is 1520. The Morgan fingerprint density at radius 3 is 2.23 bits per heavy atom. The number of carbonyl (C=O) groups is 1. The smallest absolute Gasteiger partial charge is 0.269 e. The molecule has 2 aliphatic rings. The minimum absolute atomic E-state index is 0.00791. The van der Waals surface area contributed by atoms with Gasteiger partial charge in [-0.15, -0.1) is 0 Å². The second kappa shape index (κ2) is 8.16. The molecule has 0 radical (unpaired) electrons. The highest BCUT2D eigenvalue weighted by Gasteiger charge is 2.43. The number of hydrogen-bond acceptors (Lipinski definition) is 5. The number of sulfonamides is 1. The fourth-order valence-corrected chi connectivity index (χ4v) is 6.80. The molecule has 0 aromatic heterocycles. The highest BCUT2D eigenvalue weighted by molar-refractivity contribution is 7.92. The normalized spacial score (nSPS) is 17.4. The molecular weight excluding hydrogens is 464 g/mol. The molecule has 3 aromatic carbocycles. The molecule has 0 bridgehead atoms. The Morgan fingerprint density at radius 2 is 1.60 bits per heavy atom. The Labute approximate surface area is 203 Å². The van der Waals surface area contributed by atoms with Gasteiger partial charge in [0.1, 0.15) is 0 Å². The monoisotopic (exact) mass is 488 g/mol. The van der Waals surface area contributed by atoms with Crippen LogP contribution in [0.2, 0.25) is 0 Å². The van der Waals surface area contributed by atoms with E-state index in [1.54, 1.807) is 0 Å². The number of hydrogen-bond donors (Lipinski definition) is 0. The number of carbonyl (C=O) groups excluding carboxylic acids is 1. The molecule has 1 aliphatic carbocycles. The topological polar surface area (TPSA) is 97.6 Å². The second-order valence-corrected chi connectivity index (χ2v) is 11.1. The van der Waals surface area contributed by atoms with Gasteiger partial charge in [-0.05, 0) is 55.7 Å². The molecule has 0 saturated heterocycles. The van der Waals surface area contributed by atoms with Crippen molar-refractivity contribution in [1.82, 2.24) is 0 Å². The van der Waals surface area contributed by atoms with Crippen LogP contribution in [-0.4, -0.2) is 25.7 Å². The van der Waals surface area contributed by atoms with Gasteiger partial charge in [-0.2, -0.15) is 0 Å². The van der Waals surface area contributed by atoms with Gasteiger partial charge in [0, 0.05) is 42.2 Å². The van der Waals surface area contributed by atoms with E-state index in [4.69, 9.17) is 0 Å². The summed E-state index contributed by atoms with van der Waals surface area (Å²) in [4.78, 5) is 23.7. The predicted octanol–water partition coefficient (Wildman–Crippen LogP) is 5.23. The first kappa shape index (κ1) is 23.0. The summed E-state index contributed by atoms with van der Waals surface area (Å²) in [5, 5.41) is 11.0. The molecule has 7 nitrogen and oxygen atoms in total. The zero-order chi connectivity index (χ0) is 25.1. The maximum absolute atomic E-state index is 13.8. The molecule has 0 spiro atoms. The third kappa shape index (κ3) is 3.74. The summed E-state index contributed by atoms with van der Waals surface area (Å²) in [6.07, 6.45) is 0.233. The van der Waals surface area contributed by atoms with Crippen molar-refractivity contribution in [2.24, 2.45) is 5.92 Å². The van der Waals surface area contributed by atoms with E-state index in [0.717, 1.165) is 33.4 Å². The van der Waals surface area contributed by atoms with E-state index >= 15 is 0 Å². The molecule has 35 heavy (non-hydrogen) atoms. The van der Waals surface area contributed by atoms with Crippen LogP contribution in [0.1, 0.15) is 34.2 Å². The second-order valence-electron chi connectivity index (χ2n) is 9.24. The lowest BCUT2D eigenvalue weighted by Crippen LogP contribution is -2.39. The van der Waals surface area contributed by atoms with Crippen LogP contribution in [0.25, 0.3) is 11.1 Å². The van der Waals surface area contributed by atoms with Crippen molar-refractivity contribution in [1.29, 1.82) is 0 Å². The molecule has 1 heterocycles. The lowest BCUT2D eigenvalue weighted by atomic mass is 9.85. The van der Waals surface area contributed by atoms with Crippen LogP contribution in [0, 0.1) is 36.8 Å². The summed E-state index contributed by atoms with van der Waals surface area (Å²) in [5.41, 5.74) is 6.40. The lowest BCUT2D eigenvalue weighted by molar-refractivity contribution is -0.384. The van der Waals surface area contributed by atoms with E-state index in [2.05, 4.69) is 0 Å². The molecule has 1 aliphatic heterocycles. The maximum Gasteiger partial charge on any atom is 0.269 e. The van der Waals surface area contributed by atoms with Gasteiger partial charge in [-0.25, -0.2) is 8.42 Å². The standard InChI is InChI=1S/C27H24N2O5S/c1-16-4-6-19(7-5-16)26-24(30)14-20-15-28(27-18(3)12-17(2)13-23(27)25(20)26)35(33,34)22-10-8-21(9-11-22)29(31)32/h4-13,20H,14-15H2,1-3H3/t20-/m0/s1. The van der Waals surface area contributed by atoms with E-state index in [-0.39, 0.29) is 35.2 Å². The van der Waals surface area contributed by atoms with Crippen LogP contribution in [-0.2, 0) is 14.8 Å². The number of Topliss-reactive ketones (excluding diaryl/α,β-unsaturated/α-hetero) is 1. The molecule has 0 amide bonds. The number of fused-ring (bicyclic) bond motifs is 3. The van der Waals surface area contributed by atoms with Crippen LogP contribution in [0.3, 0.4) is 0 Å². The Balaban J connectivity index is 1.71. The molecule has 8 heteroatoms. The van der Waals surface area contributed by atoms with Gasteiger partial charge in [-0.3, -0.25) is 19.2 Å². The fourth-order valence-electron chi connectivity index (χ4n) is 5.20. The molecule has 0 fully saturated rings. The highest BCUT2D eigenvalue weighted by atomic mass is 32.2. The van der Waals surface area contributed by atoms with Crippen LogP contribution in [0.5, 0.6) is 0 Å². The summed E-state index contributed by atoms with van der Waals surface area (Å²) in [7, 11) is -4.02. The van der Waals surface area contributed by atoms with Gasteiger partial charge in [0.25, 0.3) is 15.7 Å². The Morgan fingerprint density at radius 1 is 0.943 bits per heavy atom. The maximum atomic E-state index is 13.8. The van der Waals surface area contributed by atoms with Crippen molar-refractivity contribution in [3.63, 3.8) is 0 Å². The minimum atomic E-state index is -4.02. The summed E-state index contributed by atoms with van der Waals surface area (Å²) in [6, 6.07) is 16.6. The van der Waals surface area contributed by atoms with E-state index in [1.807, 2.05) is 57.2 Å². The largest absolute Gasteiger partial charge is 0.294 e. The molecular formula is C27H24N2O5S. The van der Waals surface area contributed by atoms with Crippen molar-refractivity contribution >= 4 is 38.3 Å². The Hall–Kier alpha value is -3.78. The SMILES string of the molecule is Cc1ccc(C2=C3c4cc(C)cc(C)c4N(S(=O)(=O)c4ccc([N+](=O)[O-])cc4)C[C@@H]3CC2=O)cc1. The van der Waals surface area contributed by atoms with Gasteiger partial charge in [0.2, 0.25) is 0 Å². The summed E-state index contributed by atoms with van der Waals surface area (Å²) >= 11 is 0. The first-order valence-corrected chi connectivity index (χ1v) is 12.7. The van der Waals surface area contributed by atoms with Gasteiger partial charge in [0.15, 0.2) is 5.78 Å². The predicted molar refractivity (Wildman–Crippen MR) is 135 cm³/mol. The zero-order valence-electron chi connectivity index (χ0n) is 19.6. The highest BCUT2D eigenvalue weighted by Crippen LogP contribution is 2.51. The van der Waals surface area contributed by atoms with Gasteiger partial charge in [0.05, 0.1) is 15.5 Å². The fraction of sp³-hybridized carbons (Fsp3) is 0.222. The molecule has 0 saturated carbocycles. The van der Waals surface area contributed by atoms with Crippen molar-refractivity contribution in [3.05, 3.63) is 98.6 Å². The molecule has 0 N–H and O–H groups in total. The summed E-state index contributed by atoms with van der Waals surface area (Å²) in [6.45, 7) is 5.94. The van der Waals surface area contributed by atoms with E-state index in [1.165, 1.54) is 28.6 Å². The van der Waals surface area contributed by atoms with Crippen molar-refractivity contribution < 1.29 is 18.1 Å². The van der Waals surface area contributed by atoms with E-state index in [9.17, 15) is 23.3 Å². The van der Waals surface area contributed by atoms with Crippen LogP contribution in [0.15, 0.2) is 65.6 Å². The minimum Gasteiger partial charge on any atom is -0.294 e. The van der Waals surface area contributed by atoms with E-state index < -0.39 is 14.9 Å². The van der Waals surface area contributed by atoms with Crippen LogP contribution in [0.4, 0.5) is 11.4 Å². The van der Waals surface area contributed by atoms with Gasteiger partial charge >= 0.3 is 0 Å². The zero-order valence-corrected chi connectivity index (χ0v) is 20.4. The number of nitro benzene ring substituents is 1. The molecule has 1 atom stereocenters. The summed E-state index contributed by atoms with van der Waals surface area (Å²) < 4.78 is 28.9. The number of nitrogens with zero attached hydrogens (tertiary/aromatic N) is 2. The Kier molecular flexibility index (Phi) is 5.36. The molecule has 5 rings (SSSR count). The third-order valence-electron chi connectivity index (χ3n) is 6.73. The quantitative estimate of drug-likeness (QED) is 0.370. The van der Waals surface area contributed by atoms with Crippen LogP contribution < -0.4 is 4.31 Å². The van der Waals surface area contributed by atoms with E-state index in [0.29, 0.717) is 11.3 Å². The van der Waals surface area contributed by atoms with Gasteiger partial charge < -0.3 is 0 Å². The van der Waals surface area contributed by atoms with Gasteiger partial charge in [-0.1, -0.05) is 41.5 Å². The number of ketones is 1. The van der Waals surface area contributed by atoms with Crippen LogP contribution >= 0.6 is 0 Å². The number of nitro groups is 1. The number of benzene rings is 3. The molecule has 178 valence electrons. The number of allylic oxidation sites excluding steroid dienone is 1. The number of aryl methyl sites for hydroxylation is 3. The average molecular weight is 489 g/mol. The lowest BCUT2D eigenvalue weighted by Gasteiger charge is -2.36. The number of anilines is 1. The first-order chi connectivity index (χ1) is 16.6. The number of non-ortho nitro benzene ring substituents is 1. The molecule has 3 aromatic rings. The van der Waals surface area contributed by atoms with Crippen molar-refractivity contribution in [2.45, 2.75) is 32.1 Å². The van der Waals surface area contributed by atoms with Crippen molar-refractivity contribution in [2.75, 3.05) is 10.8 Å². The third-order valence-corrected chi connectivity index (χ3v) is 8.51. The summed E-state index contributed by atoms with van der Waals surface area (Å²) in [5.74, 6) is -0.270.